The van der Waals surface area contributed by atoms with E-state index in [0.29, 0.717) is 11.8 Å². The maximum absolute atomic E-state index is 12.2. The van der Waals surface area contributed by atoms with Gasteiger partial charge in [-0.15, -0.1) is 11.3 Å². The minimum atomic E-state index is 0.0758. The van der Waals surface area contributed by atoms with Crippen LogP contribution in [0.1, 0.15) is 36.1 Å². The third-order valence-electron chi connectivity index (χ3n) is 4.41. The average Bonchev–Trinajstić information content (AvgIpc) is 2.83. The Balaban J connectivity index is 1.61. The SMILES string of the molecule is Cc1sc2ncnc(SCC(=O)NC3CCC(N)CC3)c2c1C. The molecule has 1 aliphatic rings. The molecule has 1 fully saturated rings. The molecular formula is C16H22N4OS2. The monoisotopic (exact) mass is 350 g/mol. The van der Waals surface area contributed by atoms with Crippen molar-refractivity contribution >= 4 is 39.2 Å². The van der Waals surface area contributed by atoms with Crippen LogP contribution in [0, 0.1) is 13.8 Å². The zero-order valence-corrected chi connectivity index (χ0v) is 15.1. The van der Waals surface area contributed by atoms with E-state index in [4.69, 9.17) is 5.73 Å². The molecule has 2 heterocycles. The summed E-state index contributed by atoms with van der Waals surface area (Å²) in [5, 5.41) is 5.12. The molecule has 2 aromatic heterocycles. The van der Waals surface area contributed by atoms with Crippen molar-refractivity contribution in [3.05, 3.63) is 16.8 Å². The molecule has 0 aromatic carbocycles. The quantitative estimate of drug-likeness (QED) is 0.654. The highest BCUT2D eigenvalue weighted by Crippen LogP contribution is 2.34. The Morgan fingerprint density at radius 1 is 1.35 bits per heavy atom. The minimum absolute atomic E-state index is 0.0758. The Labute approximate surface area is 144 Å². The van der Waals surface area contributed by atoms with Gasteiger partial charge in [0.05, 0.1) is 5.75 Å². The van der Waals surface area contributed by atoms with Crippen LogP contribution < -0.4 is 11.1 Å². The molecule has 3 N–H and O–H groups in total. The van der Waals surface area contributed by atoms with Gasteiger partial charge in [-0.25, -0.2) is 9.97 Å². The molecule has 0 radical (unpaired) electrons. The number of aromatic nitrogens is 2. The lowest BCUT2D eigenvalue weighted by Gasteiger charge is -2.26. The van der Waals surface area contributed by atoms with E-state index >= 15 is 0 Å². The molecule has 0 unspecified atom stereocenters. The molecule has 3 rings (SSSR count). The Morgan fingerprint density at radius 3 is 2.83 bits per heavy atom. The van der Waals surface area contributed by atoms with E-state index in [9.17, 15) is 4.79 Å². The molecule has 1 amide bonds. The summed E-state index contributed by atoms with van der Waals surface area (Å²) in [7, 11) is 0. The van der Waals surface area contributed by atoms with Gasteiger partial charge in [-0.3, -0.25) is 4.79 Å². The molecular weight excluding hydrogens is 328 g/mol. The molecule has 0 spiro atoms. The standard InChI is InChI=1S/C16H22N4OS2/c1-9-10(2)23-16-14(9)15(18-8-19-16)22-7-13(21)20-12-5-3-11(17)4-6-12/h8,11-12H,3-7,17H2,1-2H3,(H,20,21). The minimum Gasteiger partial charge on any atom is -0.353 e. The fourth-order valence-electron chi connectivity index (χ4n) is 2.93. The summed E-state index contributed by atoms with van der Waals surface area (Å²) in [6, 6.07) is 0.579. The van der Waals surface area contributed by atoms with Gasteiger partial charge in [0.15, 0.2) is 0 Å². The van der Waals surface area contributed by atoms with E-state index in [1.807, 2.05) is 0 Å². The first kappa shape index (κ1) is 16.7. The lowest BCUT2D eigenvalue weighted by Crippen LogP contribution is -2.41. The number of carbonyl (C=O) groups is 1. The van der Waals surface area contributed by atoms with E-state index in [-0.39, 0.29) is 11.9 Å². The summed E-state index contributed by atoms with van der Waals surface area (Å²) in [4.78, 5) is 23.1. The number of thiophene rings is 1. The molecule has 1 aliphatic carbocycles. The van der Waals surface area contributed by atoms with E-state index in [1.165, 1.54) is 22.2 Å². The van der Waals surface area contributed by atoms with E-state index in [1.54, 1.807) is 17.7 Å². The largest absolute Gasteiger partial charge is 0.353 e. The van der Waals surface area contributed by atoms with Crippen LogP contribution in [0.25, 0.3) is 10.2 Å². The number of hydrogen-bond donors (Lipinski definition) is 2. The van der Waals surface area contributed by atoms with Gasteiger partial charge in [0.1, 0.15) is 16.2 Å². The third kappa shape index (κ3) is 3.84. The number of nitrogens with zero attached hydrogens (tertiary/aromatic N) is 2. The number of fused-ring (bicyclic) bond motifs is 1. The molecule has 124 valence electrons. The Hall–Kier alpha value is -1.18. The average molecular weight is 351 g/mol. The van der Waals surface area contributed by atoms with Crippen molar-refractivity contribution in [2.75, 3.05) is 5.75 Å². The van der Waals surface area contributed by atoms with Crippen LogP contribution in [0.2, 0.25) is 0 Å². The van der Waals surface area contributed by atoms with Crippen LogP contribution in [-0.2, 0) is 4.79 Å². The zero-order chi connectivity index (χ0) is 16.4. The van der Waals surface area contributed by atoms with Gasteiger partial charge in [0, 0.05) is 22.3 Å². The van der Waals surface area contributed by atoms with Crippen molar-refractivity contribution in [2.45, 2.75) is 56.6 Å². The molecule has 0 saturated heterocycles. The number of carbonyl (C=O) groups excluding carboxylic acids is 1. The second kappa shape index (κ2) is 7.15. The van der Waals surface area contributed by atoms with Crippen LogP contribution in [0.15, 0.2) is 11.4 Å². The number of nitrogens with one attached hydrogen (secondary N) is 1. The number of rotatable bonds is 4. The Kier molecular flexibility index (Phi) is 5.18. The highest BCUT2D eigenvalue weighted by molar-refractivity contribution is 8.00. The van der Waals surface area contributed by atoms with Gasteiger partial charge in [-0.05, 0) is 45.1 Å². The maximum atomic E-state index is 12.2. The maximum Gasteiger partial charge on any atom is 0.230 e. The smallest absolute Gasteiger partial charge is 0.230 e. The first-order valence-corrected chi connectivity index (χ1v) is 9.73. The van der Waals surface area contributed by atoms with Crippen molar-refractivity contribution in [1.82, 2.24) is 15.3 Å². The van der Waals surface area contributed by atoms with Crippen LogP contribution >= 0.6 is 23.1 Å². The van der Waals surface area contributed by atoms with Crippen LogP contribution in [-0.4, -0.2) is 33.7 Å². The fourth-order valence-corrected chi connectivity index (χ4v) is 4.85. The van der Waals surface area contributed by atoms with E-state index < -0.39 is 0 Å². The predicted octanol–water partition coefficient (Wildman–Crippen LogP) is 2.79. The predicted molar refractivity (Wildman–Crippen MR) is 96.0 cm³/mol. The second-order valence-electron chi connectivity index (χ2n) is 6.11. The summed E-state index contributed by atoms with van der Waals surface area (Å²) in [5.41, 5.74) is 7.12. The lowest BCUT2D eigenvalue weighted by atomic mass is 9.92. The highest BCUT2D eigenvalue weighted by Gasteiger charge is 2.20. The van der Waals surface area contributed by atoms with E-state index in [2.05, 4.69) is 29.1 Å². The molecule has 5 nitrogen and oxygen atoms in total. The van der Waals surface area contributed by atoms with Crippen molar-refractivity contribution in [3.8, 4) is 0 Å². The first-order valence-electron chi connectivity index (χ1n) is 7.93. The number of aryl methyl sites for hydroxylation is 2. The summed E-state index contributed by atoms with van der Waals surface area (Å²) in [6.07, 6.45) is 5.55. The van der Waals surface area contributed by atoms with E-state index in [0.717, 1.165) is 40.9 Å². The Morgan fingerprint density at radius 2 is 2.09 bits per heavy atom. The fraction of sp³-hybridized carbons (Fsp3) is 0.562. The van der Waals surface area contributed by atoms with Crippen LogP contribution in [0.3, 0.4) is 0 Å². The van der Waals surface area contributed by atoms with Gasteiger partial charge in [-0.2, -0.15) is 0 Å². The Bertz CT molecular complexity index is 707. The third-order valence-corrected chi connectivity index (χ3v) is 6.51. The summed E-state index contributed by atoms with van der Waals surface area (Å²) < 4.78 is 0. The van der Waals surface area contributed by atoms with Gasteiger partial charge in [0.25, 0.3) is 0 Å². The van der Waals surface area contributed by atoms with Crippen molar-refractivity contribution in [1.29, 1.82) is 0 Å². The summed E-state index contributed by atoms with van der Waals surface area (Å²) >= 11 is 3.17. The summed E-state index contributed by atoms with van der Waals surface area (Å²) in [6.45, 7) is 4.18. The van der Waals surface area contributed by atoms with Crippen molar-refractivity contribution < 1.29 is 4.79 Å². The molecule has 23 heavy (non-hydrogen) atoms. The number of amides is 1. The number of hydrogen-bond acceptors (Lipinski definition) is 6. The van der Waals surface area contributed by atoms with Gasteiger partial charge < -0.3 is 11.1 Å². The number of nitrogens with two attached hydrogens (primary N) is 1. The molecule has 1 saturated carbocycles. The summed E-state index contributed by atoms with van der Waals surface area (Å²) in [5.74, 6) is 0.468. The van der Waals surface area contributed by atoms with Gasteiger partial charge in [-0.1, -0.05) is 11.8 Å². The van der Waals surface area contributed by atoms with Gasteiger partial charge in [0.2, 0.25) is 5.91 Å². The molecule has 0 bridgehead atoms. The molecule has 0 aliphatic heterocycles. The molecule has 2 aromatic rings. The molecule has 0 atom stereocenters. The highest BCUT2D eigenvalue weighted by atomic mass is 32.2. The van der Waals surface area contributed by atoms with Crippen molar-refractivity contribution in [3.63, 3.8) is 0 Å². The zero-order valence-electron chi connectivity index (χ0n) is 13.5. The lowest BCUT2D eigenvalue weighted by molar-refractivity contribution is -0.119. The number of thioether (sulfide) groups is 1. The van der Waals surface area contributed by atoms with Crippen molar-refractivity contribution in [2.24, 2.45) is 5.73 Å². The topological polar surface area (TPSA) is 80.9 Å². The molecule has 7 heteroatoms. The second-order valence-corrected chi connectivity index (χ2v) is 8.28. The van der Waals surface area contributed by atoms with Crippen LogP contribution in [0.5, 0.6) is 0 Å². The first-order chi connectivity index (χ1) is 11.0. The normalized spacial score (nSPS) is 21.5. The van der Waals surface area contributed by atoms with Gasteiger partial charge >= 0.3 is 0 Å². The van der Waals surface area contributed by atoms with Crippen LogP contribution in [0.4, 0.5) is 0 Å².